The zero-order valence-electron chi connectivity index (χ0n) is 21.2. The summed E-state index contributed by atoms with van der Waals surface area (Å²) in [5.41, 5.74) is 7.75. The van der Waals surface area contributed by atoms with Crippen molar-refractivity contribution in [3.8, 4) is 0 Å². The third-order valence-electron chi connectivity index (χ3n) is 6.81. The molecule has 5 rings (SSSR count). The van der Waals surface area contributed by atoms with Gasteiger partial charge in [0.2, 0.25) is 5.95 Å². The molecule has 2 aromatic carbocycles. The van der Waals surface area contributed by atoms with E-state index >= 15 is 0 Å². The second-order valence-corrected chi connectivity index (χ2v) is 9.11. The number of furan rings is 1. The van der Waals surface area contributed by atoms with Gasteiger partial charge in [0.25, 0.3) is 5.91 Å². The number of rotatable bonds is 9. The van der Waals surface area contributed by atoms with Gasteiger partial charge in [-0.05, 0) is 73.0 Å². The first-order valence-electron chi connectivity index (χ1n) is 12.6. The third-order valence-corrected chi connectivity index (χ3v) is 6.81. The summed E-state index contributed by atoms with van der Waals surface area (Å²) in [5.74, 6) is 0.247. The van der Waals surface area contributed by atoms with Crippen molar-refractivity contribution in [2.24, 2.45) is 0 Å². The number of carbonyl (C=O) groups is 1. The molecular formula is C28H32N6O3. The second kappa shape index (κ2) is 11.4. The summed E-state index contributed by atoms with van der Waals surface area (Å²) in [6, 6.07) is 13.9. The predicted octanol–water partition coefficient (Wildman–Crippen LogP) is 4.18. The number of aryl methyl sites for hydroxylation is 2. The molecule has 4 aromatic rings. The smallest absolute Gasteiger partial charge is 0.274 e. The van der Waals surface area contributed by atoms with Crippen molar-refractivity contribution in [3.05, 3.63) is 77.8 Å². The van der Waals surface area contributed by atoms with Gasteiger partial charge in [-0.25, -0.2) is 15.4 Å². The van der Waals surface area contributed by atoms with Gasteiger partial charge in [-0.2, -0.15) is 0 Å². The van der Waals surface area contributed by atoms with Crippen LogP contribution in [0.2, 0.25) is 0 Å². The lowest BCUT2D eigenvalue weighted by molar-refractivity contribution is 0.0537. The van der Waals surface area contributed by atoms with E-state index in [4.69, 9.17) is 9.25 Å². The number of hydrogen-bond acceptors (Lipinski definition) is 8. The van der Waals surface area contributed by atoms with Gasteiger partial charge in [-0.15, -0.1) is 0 Å². The molecule has 1 amide bonds. The number of likely N-dealkylation sites (N-methyl/N-ethyl adjacent to an activating group) is 1. The summed E-state index contributed by atoms with van der Waals surface area (Å²) in [5, 5.41) is 4.28. The Balaban J connectivity index is 1.19. The summed E-state index contributed by atoms with van der Waals surface area (Å²) in [4.78, 5) is 30.9. The molecule has 3 heterocycles. The summed E-state index contributed by atoms with van der Waals surface area (Å²) >= 11 is 0. The van der Waals surface area contributed by atoms with Crippen LogP contribution in [0.15, 0.2) is 65.5 Å². The Morgan fingerprint density at radius 1 is 1.03 bits per heavy atom. The minimum Gasteiger partial charge on any atom is -0.464 e. The molecule has 0 atom stereocenters. The lowest BCUT2D eigenvalue weighted by atomic mass is 10.00. The number of fused-ring (bicyclic) bond motifs is 1. The van der Waals surface area contributed by atoms with Crippen LogP contribution in [0, 0.1) is 0 Å². The van der Waals surface area contributed by atoms with E-state index in [9.17, 15) is 4.79 Å². The SMILES string of the molecule is CCN1CCN(c2ccc(Nc3ncc(CCc4cc(C(=O)NOC)cc5occc45)cn3)cc2)CC1. The van der Waals surface area contributed by atoms with E-state index in [2.05, 4.69) is 61.8 Å². The second-order valence-electron chi connectivity index (χ2n) is 9.11. The molecule has 0 unspecified atom stereocenters. The fourth-order valence-electron chi connectivity index (χ4n) is 4.67. The van der Waals surface area contributed by atoms with Gasteiger partial charge in [0.1, 0.15) is 5.58 Å². The van der Waals surface area contributed by atoms with E-state index in [1.165, 1.54) is 12.8 Å². The third kappa shape index (κ3) is 5.90. The van der Waals surface area contributed by atoms with Crippen molar-refractivity contribution in [1.82, 2.24) is 20.3 Å². The molecule has 2 N–H and O–H groups in total. The molecular weight excluding hydrogens is 468 g/mol. The molecule has 1 saturated heterocycles. The molecule has 0 bridgehead atoms. The molecule has 0 radical (unpaired) electrons. The minimum atomic E-state index is -0.312. The minimum absolute atomic E-state index is 0.312. The largest absolute Gasteiger partial charge is 0.464 e. The zero-order valence-corrected chi connectivity index (χ0v) is 21.2. The van der Waals surface area contributed by atoms with Crippen LogP contribution >= 0.6 is 0 Å². The first-order chi connectivity index (χ1) is 18.1. The van der Waals surface area contributed by atoms with Crippen LogP contribution in [0.5, 0.6) is 0 Å². The van der Waals surface area contributed by atoms with Gasteiger partial charge in [-0.3, -0.25) is 9.63 Å². The number of carbonyl (C=O) groups excluding carboxylic acids is 1. The van der Waals surface area contributed by atoms with Crippen molar-refractivity contribution >= 4 is 34.2 Å². The van der Waals surface area contributed by atoms with Crippen LogP contribution in [0.25, 0.3) is 11.0 Å². The summed E-state index contributed by atoms with van der Waals surface area (Å²) in [6.45, 7) is 7.67. The van der Waals surface area contributed by atoms with Crippen LogP contribution < -0.4 is 15.7 Å². The standard InChI is InChI=1S/C28H32N6O3/c1-3-33-11-13-34(14-12-33)24-8-6-23(7-9-24)31-28-29-18-20(19-30-28)4-5-21-16-22(27(35)32-36-2)17-26-25(21)10-15-37-26/h6-10,15-19H,3-5,11-14H2,1-2H3,(H,32,35)(H,29,30,31). The number of nitrogens with one attached hydrogen (secondary N) is 2. The Morgan fingerprint density at radius 3 is 2.49 bits per heavy atom. The van der Waals surface area contributed by atoms with Crippen molar-refractivity contribution in [3.63, 3.8) is 0 Å². The topological polar surface area (TPSA) is 95.8 Å². The molecule has 0 saturated carbocycles. The lowest BCUT2D eigenvalue weighted by Gasteiger charge is -2.35. The fraction of sp³-hybridized carbons (Fsp3) is 0.321. The Hall–Kier alpha value is -3.95. The van der Waals surface area contributed by atoms with Crippen LogP contribution in [0.4, 0.5) is 17.3 Å². The molecule has 2 aromatic heterocycles. The Kier molecular flexibility index (Phi) is 7.62. The van der Waals surface area contributed by atoms with E-state index < -0.39 is 0 Å². The maximum Gasteiger partial charge on any atom is 0.274 e. The number of hydrogen-bond donors (Lipinski definition) is 2. The van der Waals surface area contributed by atoms with Gasteiger partial charge >= 0.3 is 0 Å². The average molecular weight is 501 g/mol. The molecule has 1 fully saturated rings. The van der Waals surface area contributed by atoms with Crippen molar-refractivity contribution < 1.29 is 14.0 Å². The number of anilines is 3. The van der Waals surface area contributed by atoms with E-state index in [1.807, 2.05) is 24.5 Å². The van der Waals surface area contributed by atoms with E-state index in [0.29, 0.717) is 23.5 Å². The molecule has 0 spiro atoms. The summed E-state index contributed by atoms with van der Waals surface area (Å²) in [6.07, 6.45) is 6.76. The molecule has 1 aliphatic rings. The van der Waals surface area contributed by atoms with E-state index in [1.54, 1.807) is 12.3 Å². The quantitative estimate of drug-likeness (QED) is 0.331. The van der Waals surface area contributed by atoms with Gasteiger partial charge in [0.05, 0.1) is 13.4 Å². The van der Waals surface area contributed by atoms with Crippen LogP contribution in [0.1, 0.15) is 28.4 Å². The Morgan fingerprint density at radius 2 is 1.78 bits per heavy atom. The molecule has 9 nitrogen and oxygen atoms in total. The maximum atomic E-state index is 12.2. The highest BCUT2D eigenvalue weighted by Gasteiger charge is 2.16. The summed E-state index contributed by atoms with van der Waals surface area (Å²) < 4.78 is 5.54. The first kappa shape index (κ1) is 24.7. The average Bonchev–Trinajstić information content (AvgIpc) is 3.42. The van der Waals surface area contributed by atoms with E-state index in [0.717, 1.165) is 61.3 Å². The van der Waals surface area contributed by atoms with Crippen molar-refractivity contribution in [1.29, 1.82) is 0 Å². The Labute approximate surface area is 216 Å². The zero-order chi connectivity index (χ0) is 25.6. The number of piperazine rings is 1. The first-order valence-corrected chi connectivity index (χ1v) is 12.6. The van der Waals surface area contributed by atoms with E-state index in [-0.39, 0.29) is 5.91 Å². The molecule has 1 aliphatic heterocycles. The van der Waals surface area contributed by atoms with Gasteiger partial charge in [0, 0.05) is 60.9 Å². The monoisotopic (exact) mass is 500 g/mol. The highest BCUT2D eigenvalue weighted by molar-refractivity contribution is 5.98. The van der Waals surface area contributed by atoms with Gasteiger partial charge in [0.15, 0.2) is 0 Å². The number of hydroxylamine groups is 1. The highest BCUT2D eigenvalue weighted by atomic mass is 16.6. The Bertz CT molecular complexity index is 1330. The lowest BCUT2D eigenvalue weighted by Crippen LogP contribution is -2.46. The van der Waals surface area contributed by atoms with Crippen LogP contribution in [0.3, 0.4) is 0 Å². The molecule has 9 heteroatoms. The van der Waals surface area contributed by atoms with Gasteiger partial charge in [-0.1, -0.05) is 6.92 Å². The fourth-order valence-corrected chi connectivity index (χ4v) is 4.67. The number of amides is 1. The number of aromatic nitrogens is 2. The van der Waals surface area contributed by atoms with Gasteiger partial charge < -0.3 is 19.5 Å². The van der Waals surface area contributed by atoms with Crippen molar-refractivity contribution in [2.45, 2.75) is 19.8 Å². The van der Waals surface area contributed by atoms with Crippen molar-refractivity contribution in [2.75, 3.05) is 50.1 Å². The number of benzene rings is 2. The number of nitrogens with zero attached hydrogens (tertiary/aromatic N) is 4. The maximum absolute atomic E-state index is 12.2. The normalized spacial score (nSPS) is 14.2. The molecule has 0 aliphatic carbocycles. The van der Waals surface area contributed by atoms with Crippen LogP contribution in [-0.2, 0) is 17.7 Å². The summed E-state index contributed by atoms with van der Waals surface area (Å²) in [7, 11) is 1.41. The molecule has 37 heavy (non-hydrogen) atoms. The molecule has 192 valence electrons. The highest BCUT2D eigenvalue weighted by Crippen LogP contribution is 2.25. The van der Waals surface area contributed by atoms with Crippen LogP contribution in [-0.4, -0.2) is 60.6 Å². The predicted molar refractivity (Wildman–Crippen MR) is 144 cm³/mol.